The average Bonchev–Trinajstić information content (AvgIpc) is 3.15. The second kappa shape index (κ2) is 6.53. The van der Waals surface area contributed by atoms with Gasteiger partial charge in [0.25, 0.3) is 5.91 Å². The third-order valence-corrected chi connectivity index (χ3v) is 5.61. The standard InChI is InChI=1S/C17H23N3O2S/c1-5-13-18-11(4)14-9(2)15(23-17(14)20-13)16(21)19-10(3)12-7-6-8-22-12/h10,12H,5-8H2,1-4H3,(H,19,21)/t10-,12-/m1/s1. The maximum atomic E-state index is 12.7. The van der Waals surface area contributed by atoms with Gasteiger partial charge in [-0.05, 0) is 39.2 Å². The highest BCUT2D eigenvalue weighted by Gasteiger charge is 2.26. The van der Waals surface area contributed by atoms with Gasteiger partial charge in [-0.3, -0.25) is 4.79 Å². The van der Waals surface area contributed by atoms with Crippen LogP contribution in [0.15, 0.2) is 0 Å². The second-order valence-electron chi connectivity index (χ2n) is 6.13. The first-order valence-corrected chi connectivity index (χ1v) is 9.02. The summed E-state index contributed by atoms with van der Waals surface area (Å²) in [6.45, 7) is 8.81. The summed E-state index contributed by atoms with van der Waals surface area (Å²) in [5.74, 6) is 0.793. The first-order chi connectivity index (χ1) is 11.0. The van der Waals surface area contributed by atoms with E-state index in [-0.39, 0.29) is 18.1 Å². The summed E-state index contributed by atoms with van der Waals surface area (Å²) in [6, 6.07) is 0.0213. The maximum Gasteiger partial charge on any atom is 0.262 e. The number of rotatable bonds is 4. The highest BCUT2D eigenvalue weighted by molar-refractivity contribution is 7.20. The Bertz CT molecular complexity index is 735. The monoisotopic (exact) mass is 333 g/mol. The highest BCUT2D eigenvalue weighted by atomic mass is 32.1. The van der Waals surface area contributed by atoms with Crippen LogP contribution in [0.2, 0.25) is 0 Å². The van der Waals surface area contributed by atoms with Crippen LogP contribution in [0.4, 0.5) is 0 Å². The molecule has 0 unspecified atom stereocenters. The minimum Gasteiger partial charge on any atom is -0.376 e. The Kier molecular flexibility index (Phi) is 4.64. The summed E-state index contributed by atoms with van der Waals surface area (Å²) in [6.07, 6.45) is 3.01. The van der Waals surface area contributed by atoms with Crippen LogP contribution in [-0.2, 0) is 11.2 Å². The lowest BCUT2D eigenvalue weighted by Crippen LogP contribution is -2.40. The molecular weight excluding hydrogens is 310 g/mol. The van der Waals surface area contributed by atoms with Crippen LogP contribution in [0.1, 0.15) is 53.4 Å². The van der Waals surface area contributed by atoms with Crippen LogP contribution in [0.3, 0.4) is 0 Å². The topological polar surface area (TPSA) is 64.1 Å². The minimum atomic E-state index is -0.0362. The highest BCUT2D eigenvalue weighted by Crippen LogP contribution is 2.31. The van der Waals surface area contributed by atoms with Gasteiger partial charge in [-0.15, -0.1) is 11.3 Å². The lowest BCUT2D eigenvalue weighted by atomic mass is 10.1. The Morgan fingerprint density at radius 2 is 2.22 bits per heavy atom. The van der Waals surface area contributed by atoms with Crippen molar-refractivity contribution in [3.8, 4) is 0 Å². The fourth-order valence-corrected chi connectivity index (χ4v) is 4.29. The molecule has 1 amide bonds. The zero-order valence-corrected chi connectivity index (χ0v) is 14.9. The van der Waals surface area contributed by atoms with Crippen molar-refractivity contribution >= 4 is 27.5 Å². The third kappa shape index (κ3) is 3.10. The van der Waals surface area contributed by atoms with E-state index in [1.807, 2.05) is 27.7 Å². The molecule has 2 atom stereocenters. The third-order valence-electron chi connectivity index (χ3n) is 4.42. The van der Waals surface area contributed by atoms with Gasteiger partial charge < -0.3 is 10.1 Å². The normalized spacial score (nSPS) is 19.2. The number of amides is 1. The van der Waals surface area contributed by atoms with E-state index in [0.29, 0.717) is 0 Å². The number of nitrogens with zero attached hydrogens (tertiary/aromatic N) is 2. The number of aromatic nitrogens is 2. The van der Waals surface area contributed by atoms with Crippen molar-refractivity contribution in [1.29, 1.82) is 0 Å². The molecule has 6 heteroatoms. The molecule has 5 nitrogen and oxygen atoms in total. The summed E-state index contributed by atoms with van der Waals surface area (Å²) in [4.78, 5) is 23.4. The molecule has 0 saturated carbocycles. The largest absolute Gasteiger partial charge is 0.376 e. The summed E-state index contributed by atoms with van der Waals surface area (Å²) in [5.41, 5.74) is 1.93. The zero-order valence-electron chi connectivity index (χ0n) is 14.1. The molecule has 1 N–H and O–H groups in total. The molecule has 0 aromatic carbocycles. The van der Waals surface area contributed by atoms with Crippen LogP contribution < -0.4 is 5.32 Å². The Hall–Kier alpha value is -1.53. The first-order valence-electron chi connectivity index (χ1n) is 8.20. The quantitative estimate of drug-likeness (QED) is 0.933. The SMILES string of the molecule is CCc1nc(C)c2c(C)c(C(=O)N[C@H](C)[C@H]3CCCO3)sc2n1. The summed E-state index contributed by atoms with van der Waals surface area (Å²) >= 11 is 1.46. The van der Waals surface area contributed by atoms with Crippen LogP contribution in [0.5, 0.6) is 0 Å². The smallest absolute Gasteiger partial charge is 0.262 e. The Balaban J connectivity index is 1.88. The summed E-state index contributed by atoms with van der Waals surface area (Å²) in [5, 5.41) is 4.10. The molecule has 0 radical (unpaired) electrons. The fourth-order valence-electron chi connectivity index (χ4n) is 3.13. The zero-order chi connectivity index (χ0) is 16.6. The van der Waals surface area contributed by atoms with E-state index in [1.165, 1.54) is 11.3 Å². The van der Waals surface area contributed by atoms with E-state index in [0.717, 1.165) is 58.0 Å². The van der Waals surface area contributed by atoms with Gasteiger partial charge in [0.1, 0.15) is 10.7 Å². The summed E-state index contributed by atoms with van der Waals surface area (Å²) in [7, 11) is 0. The molecule has 3 heterocycles. The predicted octanol–water partition coefficient (Wildman–Crippen LogP) is 3.17. The number of ether oxygens (including phenoxy) is 1. The van der Waals surface area contributed by atoms with Crippen LogP contribution >= 0.6 is 11.3 Å². The molecule has 23 heavy (non-hydrogen) atoms. The van der Waals surface area contributed by atoms with Gasteiger partial charge in [0.15, 0.2) is 0 Å². The number of carbonyl (C=O) groups excluding carboxylic acids is 1. The second-order valence-corrected chi connectivity index (χ2v) is 7.13. The van der Waals surface area contributed by atoms with Crippen molar-refractivity contribution in [3.05, 3.63) is 22.0 Å². The molecule has 2 aromatic heterocycles. The van der Waals surface area contributed by atoms with Crippen molar-refractivity contribution in [2.24, 2.45) is 0 Å². The van der Waals surface area contributed by atoms with E-state index in [9.17, 15) is 4.79 Å². The van der Waals surface area contributed by atoms with E-state index >= 15 is 0 Å². The van der Waals surface area contributed by atoms with Gasteiger partial charge >= 0.3 is 0 Å². The molecule has 1 fully saturated rings. The van der Waals surface area contributed by atoms with E-state index in [1.54, 1.807) is 0 Å². The average molecular weight is 333 g/mol. The van der Waals surface area contributed by atoms with Crippen molar-refractivity contribution in [3.63, 3.8) is 0 Å². The molecule has 0 spiro atoms. The van der Waals surface area contributed by atoms with Crippen LogP contribution in [0.25, 0.3) is 10.2 Å². The molecule has 0 aliphatic carbocycles. The van der Waals surface area contributed by atoms with Gasteiger partial charge in [-0.1, -0.05) is 6.92 Å². The van der Waals surface area contributed by atoms with Gasteiger partial charge in [-0.25, -0.2) is 9.97 Å². The molecule has 3 rings (SSSR count). The Morgan fingerprint density at radius 1 is 1.43 bits per heavy atom. The number of nitrogens with one attached hydrogen (secondary N) is 1. The number of thiophene rings is 1. The maximum absolute atomic E-state index is 12.7. The molecular formula is C17H23N3O2S. The Labute approximate surface area is 140 Å². The number of carbonyl (C=O) groups is 1. The summed E-state index contributed by atoms with van der Waals surface area (Å²) < 4.78 is 5.66. The van der Waals surface area contributed by atoms with Crippen molar-refractivity contribution in [1.82, 2.24) is 15.3 Å². The number of fused-ring (bicyclic) bond motifs is 1. The lowest BCUT2D eigenvalue weighted by Gasteiger charge is -2.19. The van der Waals surface area contributed by atoms with Crippen molar-refractivity contribution in [2.45, 2.75) is 59.1 Å². The van der Waals surface area contributed by atoms with Gasteiger partial charge in [0, 0.05) is 24.1 Å². The molecule has 124 valence electrons. The number of hydrogen-bond donors (Lipinski definition) is 1. The Morgan fingerprint density at radius 3 is 2.87 bits per heavy atom. The molecule has 1 saturated heterocycles. The van der Waals surface area contributed by atoms with Crippen LogP contribution in [0, 0.1) is 13.8 Å². The van der Waals surface area contributed by atoms with Crippen molar-refractivity contribution < 1.29 is 9.53 Å². The number of hydrogen-bond acceptors (Lipinski definition) is 5. The molecule has 2 aromatic rings. The number of aryl methyl sites for hydroxylation is 3. The van der Waals surface area contributed by atoms with Gasteiger partial charge in [0.05, 0.1) is 17.0 Å². The molecule has 1 aliphatic heterocycles. The van der Waals surface area contributed by atoms with E-state index < -0.39 is 0 Å². The fraction of sp³-hybridized carbons (Fsp3) is 0.588. The minimum absolute atomic E-state index is 0.0213. The predicted molar refractivity (Wildman–Crippen MR) is 92.2 cm³/mol. The van der Waals surface area contributed by atoms with E-state index in [2.05, 4.69) is 15.3 Å². The van der Waals surface area contributed by atoms with Gasteiger partial charge in [-0.2, -0.15) is 0 Å². The first kappa shape index (κ1) is 16.3. The van der Waals surface area contributed by atoms with Crippen LogP contribution in [-0.4, -0.2) is 34.6 Å². The molecule has 1 aliphatic rings. The van der Waals surface area contributed by atoms with Gasteiger partial charge in [0.2, 0.25) is 0 Å². The van der Waals surface area contributed by atoms with E-state index in [4.69, 9.17) is 4.74 Å². The molecule has 0 bridgehead atoms. The van der Waals surface area contributed by atoms with Crippen molar-refractivity contribution in [2.75, 3.05) is 6.61 Å². The lowest BCUT2D eigenvalue weighted by molar-refractivity contribution is 0.0714.